The first kappa shape index (κ1) is 57.9. The zero-order valence-electron chi connectivity index (χ0n) is 39.9. The van der Waals surface area contributed by atoms with Gasteiger partial charge in [-0.3, -0.25) is 14.4 Å². The lowest BCUT2D eigenvalue weighted by molar-refractivity contribution is -0.341. The molecule has 3 aliphatic heterocycles. The van der Waals surface area contributed by atoms with Gasteiger partial charge in [-0.05, 0) is 38.3 Å². The minimum Gasteiger partial charge on any atom is -0.493 e. The maximum Gasteiger partial charge on any atom is 0.338 e. The molecule has 0 bridgehead atoms. The minimum atomic E-state index is -2.74. The second-order valence-electron chi connectivity index (χ2n) is 18.6. The molecule has 29 heteroatoms. The molecule has 3 amide bonds. The van der Waals surface area contributed by atoms with E-state index in [1.54, 1.807) is 6.07 Å². The van der Waals surface area contributed by atoms with Gasteiger partial charge in [-0.25, -0.2) is 9.59 Å². The molecule has 17 N–H and O–H groups in total. The minimum absolute atomic E-state index is 0.0148. The molecule has 3 saturated heterocycles. The van der Waals surface area contributed by atoms with Crippen molar-refractivity contribution in [2.24, 2.45) is 17.6 Å². The van der Waals surface area contributed by atoms with Crippen molar-refractivity contribution >= 4 is 29.7 Å². The number of rotatable bonds is 19. The lowest BCUT2D eigenvalue weighted by Crippen LogP contribution is -2.69. The van der Waals surface area contributed by atoms with E-state index in [4.69, 9.17) is 34.2 Å². The summed E-state index contributed by atoms with van der Waals surface area (Å²) in [7, 11) is 0. The number of aliphatic carboxylic acids is 1. The van der Waals surface area contributed by atoms with Crippen LogP contribution in [-0.2, 0) is 42.8 Å². The number of nitrogens with one attached hydrogen (secondary N) is 3. The van der Waals surface area contributed by atoms with Gasteiger partial charge in [0.2, 0.25) is 17.7 Å². The molecule has 1 saturated carbocycles. The summed E-state index contributed by atoms with van der Waals surface area (Å²) in [6.07, 6.45) is -30.4. The number of aliphatic hydroxyl groups excluding tert-OH is 9. The monoisotopic (exact) mass is 1060 g/mol. The molecule has 4 fully saturated rings. The topological polar surface area (TPSA) is 471 Å². The van der Waals surface area contributed by atoms with Gasteiger partial charge in [0.05, 0.1) is 55.3 Å². The number of amides is 3. The Morgan fingerprint density at radius 1 is 0.892 bits per heavy atom. The van der Waals surface area contributed by atoms with E-state index in [9.17, 15) is 85.3 Å². The first-order chi connectivity index (χ1) is 35.0. The summed E-state index contributed by atoms with van der Waals surface area (Å²) in [6.45, 7) is 0.195. The molecule has 412 valence electrons. The number of carboxylic acid groups (broad SMARTS) is 1. The number of aromatic hydroxyl groups is 2. The van der Waals surface area contributed by atoms with Crippen LogP contribution in [0.5, 0.6) is 11.9 Å². The quantitative estimate of drug-likeness (QED) is 0.0582. The lowest BCUT2D eigenvalue weighted by Gasteiger charge is -2.51. The molecule has 4 aliphatic rings. The smallest absolute Gasteiger partial charge is 0.338 e. The highest BCUT2D eigenvalue weighted by Gasteiger charge is 2.60. The molecular formula is C45H64N6O23. The van der Waals surface area contributed by atoms with E-state index in [-0.39, 0.29) is 25.1 Å². The summed E-state index contributed by atoms with van der Waals surface area (Å²) in [5.74, 6) is -9.29. The van der Waals surface area contributed by atoms with Crippen molar-refractivity contribution in [3.8, 4) is 11.9 Å². The fourth-order valence-electron chi connectivity index (χ4n) is 9.69. The third-order valence-corrected chi connectivity index (χ3v) is 13.5. The predicted octanol–water partition coefficient (Wildman–Crippen LogP) is -6.43. The maximum absolute atomic E-state index is 14.1. The van der Waals surface area contributed by atoms with E-state index in [2.05, 4.69) is 25.9 Å². The number of aliphatic hydroxyl groups is 9. The number of aromatic nitrogens is 2. The van der Waals surface area contributed by atoms with Gasteiger partial charge in [0.1, 0.15) is 54.5 Å². The van der Waals surface area contributed by atoms with Gasteiger partial charge in [-0.15, -0.1) is 0 Å². The van der Waals surface area contributed by atoms with Crippen molar-refractivity contribution in [1.82, 2.24) is 25.9 Å². The second-order valence-corrected chi connectivity index (χ2v) is 18.6. The fraction of sp³-hybridized carbons (Fsp3) is 0.667. The summed E-state index contributed by atoms with van der Waals surface area (Å²) < 4.78 is 36.9. The van der Waals surface area contributed by atoms with Gasteiger partial charge in [0.25, 0.3) is 5.91 Å². The van der Waals surface area contributed by atoms with Crippen molar-refractivity contribution in [2.45, 2.75) is 149 Å². The van der Waals surface area contributed by atoms with E-state index < -0.39 is 201 Å². The van der Waals surface area contributed by atoms with Crippen LogP contribution < -0.4 is 21.7 Å². The summed E-state index contributed by atoms with van der Waals surface area (Å²) in [4.78, 5) is 74.7. The molecule has 20 atom stereocenters. The molecular weight excluding hydrogens is 993 g/mol. The van der Waals surface area contributed by atoms with Crippen LogP contribution >= 0.6 is 0 Å². The average molecular weight is 1060 g/mol. The third-order valence-electron chi connectivity index (χ3n) is 13.5. The van der Waals surface area contributed by atoms with Crippen molar-refractivity contribution in [3.05, 3.63) is 47.7 Å². The number of carboxylic acids is 1. The number of carbonyl (C=O) groups is 5. The number of nitrogens with zero attached hydrogens (tertiary/aromatic N) is 2. The van der Waals surface area contributed by atoms with Crippen molar-refractivity contribution < 1.29 is 114 Å². The van der Waals surface area contributed by atoms with Gasteiger partial charge in [0.15, 0.2) is 24.3 Å². The zero-order valence-corrected chi connectivity index (χ0v) is 39.9. The standard InChI is InChI=1S/C45H64N6O23/c1-17-30(58)33(61)34(62)41(69-17)73-36-22(49-39(64)23-12-28(57)51-44(68)50-23)10-20(38(63)47-9-8-46)11-26(36)70-42-35(72-40(65)19-6-4-3-5-7-19)21(31(59)27(16-53)71-42)13-45(43(66)67)14-24(55)29(48-18(2)54)37(74-45)32(60)25(56)15-52/h3-7,12,17,20-22,24-27,29-37,41-42,52-53,55-56,58-62H,8-11,13-16,46H2,1-2H3,(H,47,63)(H,48,54)(H,49,64)(H,66,67)(H2,50,51,57,68)/t17?,20?,21?,22?,24?,25-,26?,27?,29?,30?,31?,32-,33?,34?,35?,36?,37?,41?,42?,45?/m1/s1. The van der Waals surface area contributed by atoms with E-state index >= 15 is 0 Å². The van der Waals surface area contributed by atoms with Crippen molar-refractivity contribution in [3.63, 3.8) is 0 Å². The van der Waals surface area contributed by atoms with Crippen molar-refractivity contribution in [2.75, 3.05) is 26.3 Å². The van der Waals surface area contributed by atoms with Gasteiger partial charge in [-0.2, -0.15) is 9.97 Å². The number of benzene rings is 1. The summed E-state index contributed by atoms with van der Waals surface area (Å²) >= 11 is 0. The molecule has 1 aromatic heterocycles. The second kappa shape index (κ2) is 25.0. The Balaban J connectivity index is 1.48. The lowest BCUT2D eigenvalue weighted by atomic mass is 9.74. The Hall–Kier alpha value is -5.35. The summed E-state index contributed by atoms with van der Waals surface area (Å²) in [5, 5.41) is 137. The predicted molar refractivity (Wildman–Crippen MR) is 242 cm³/mol. The number of hydrogen-bond donors (Lipinski definition) is 16. The van der Waals surface area contributed by atoms with Crippen LogP contribution in [0, 0.1) is 11.8 Å². The van der Waals surface area contributed by atoms with E-state index in [0.29, 0.717) is 0 Å². The number of hydrogen-bond acceptors (Lipinski definition) is 25. The van der Waals surface area contributed by atoms with Gasteiger partial charge in [0, 0.05) is 44.3 Å². The first-order valence-electron chi connectivity index (χ1n) is 23.6. The number of nitrogens with two attached hydrogens (primary N) is 1. The van der Waals surface area contributed by atoms with Crippen LogP contribution in [0.25, 0.3) is 0 Å². The van der Waals surface area contributed by atoms with E-state index in [0.717, 1.165) is 13.0 Å². The molecule has 1 aromatic carbocycles. The Morgan fingerprint density at radius 3 is 2.22 bits per heavy atom. The molecule has 2 aromatic rings. The highest BCUT2D eigenvalue weighted by atomic mass is 16.7. The molecule has 74 heavy (non-hydrogen) atoms. The zero-order chi connectivity index (χ0) is 54.3. The van der Waals surface area contributed by atoms with Crippen LogP contribution in [0.1, 0.15) is 60.4 Å². The molecule has 0 spiro atoms. The molecule has 4 heterocycles. The van der Waals surface area contributed by atoms with Gasteiger partial charge < -0.3 is 111 Å². The Bertz CT molecular complexity index is 2240. The Kier molecular flexibility index (Phi) is 19.6. The maximum atomic E-state index is 14.1. The average Bonchev–Trinajstić information content (AvgIpc) is 3.36. The van der Waals surface area contributed by atoms with Crippen LogP contribution in [-0.4, -0.2) is 237 Å². The number of carbonyl (C=O) groups excluding carboxylic acids is 4. The largest absolute Gasteiger partial charge is 0.493 e. The van der Waals surface area contributed by atoms with Crippen molar-refractivity contribution in [1.29, 1.82) is 0 Å². The highest BCUT2D eigenvalue weighted by molar-refractivity contribution is 5.93. The Morgan fingerprint density at radius 2 is 1.59 bits per heavy atom. The van der Waals surface area contributed by atoms with Crippen LogP contribution in [0.2, 0.25) is 0 Å². The van der Waals surface area contributed by atoms with Crippen LogP contribution in [0.15, 0.2) is 36.4 Å². The molecule has 6 rings (SSSR count). The number of esters is 1. The highest BCUT2D eigenvalue weighted by Crippen LogP contribution is 2.44. The fourth-order valence-corrected chi connectivity index (χ4v) is 9.69. The van der Waals surface area contributed by atoms with E-state index in [1.807, 2.05) is 0 Å². The number of ether oxygens (including phenoxy) is 6. The van der Waals surface area contributed by atoms with E-state index in [1.165, 1.54) is 31.2 Å². The molecule has 18 unspecified atom stereocenters. The molecule has 1 aliphatic carbocycles. The Labute approximate surface area is 421 Å². The van der Waals surface area contributed by atoms with Gasteiger partial charge in [-0.1, -0.05) is 18.2 Å². The SMILES string of the molecule is CC(=O)NC1C(O)CC(CC2C(O)C(CO)OC(OC3CC(C(=O)NCCN)CC(NC(=O)c4cc(O)nc(O)n4)C3OC3OC(C)C(O)C(O)C3O)C2OC(=O)c2ccccc2)(C(=O)O)OC1[C@H](O)[C@H](O)CO. The first-order valence-corrected chi connectivity index (χ1v) is 23.6. The molecule has 29 nitrogen and oxygen atoms in total. The third kappa shape index (κ3) is 13.2. The molecule has 0 radical (unpaired) electrons. The van der Waals surface area contributed by atoms with Crippen LogP contribution in [0.4, 0.5) is 0 Å². The summed E-state index contributed by atoms with van der Waals surface area (Å²) in [6, 6.07) is 3.92. The van der Waals surface area contributed by atoms with Gasteiger partial charge >= 0.3 is 17.9 Å². The van der Waals surface area contributed by atoms with Crippen LogP contribution in [0.3, 0.4) is 0 Å². The summed E-state index contributed by atoms with van der Waals surface area (Å²) in [5.41, 5.74) is 2.24. The normalized spacial score (nSPS) is 36.1.